The third-order valence-electron chi connectivity index (χ3n) is 4.92. The largest absolute Gasteiger partial charge is 0.420 e. The second-order valence-electron chi connectivity index (χ2n) is 6.27. The van der Waals surface area contributed by atoms with Crippen LogP contribution in [0.15, 0.2) is 33.5 Å². The maximum absolute atomic E-state index is 12.8. The normalized spacial score (nSPS) is 24.6. The molecule has 0 unspecified atom stereocenters. The summed E-state index contributed by atoms with van der Waals surface area (Å²) in [6.45, 7) is 1.21. The van der Waals surface area contributed by atoms with Crippen LogP contribution in [0.2, 0.25) is 0 Å². The van der Waals surface area contributed by atoms with Gasteiger partial charge in [0.15, 0.2) is 5.58 Å². The fourth-order valence-corrected chi connectivity index (χ4v) is 3.80. The maximum atomic E-state index is 12.8. The lowest BCUT2D eigenvalue weighted by Crippen LogP contribution is -2.55. The van der Waals surface area contributed by atoms with Crippen molar-refractivity contribution >= 4 is 17.0 Å². The van der Waals surface area contributed by atoms with E-state index in [4.69, 9.17) is 9.15 Å². The summed E-state index contributed by atoms with van der Waals surface area (Å²) in [6.07, 6.45) is 4.44. The van der Waals surface area contributed by atoms with Crippen LogP contribution < -0.4 is 5.76 Å². The van der Waals surface area contributed by atoms with Crippen LogP contribution in [0.1, 0.15) is 25.7 Å². The van der Waals surface area contributed by atoms with Crippen LogP contribution in [0.25, 0.3) is 11.1 Å². The minimum atomic E-state index is -0.479. The van der Waals surface area contributed by atoms with Crippen LogP contribution in [0.4, 0.5) is 0 Å². The number of fused-ring (bicyclic) bond motifs is 2. The highest BCUT2D eigenvalue weighted by atomic mass is 16.5. The van der Waals surface area contributed by atoms with Crippen molar-refractivity contribution in [2.24, 2.45) is 0 Å². The fraction of sp³-hybridized carbons (Fsp3) is 0.529. The standard InChI is InChI=1S/C17H20N2O4/c20-16(18-9-10-22-14-7-3-1-5-12(14)18)11-19-13-6-2-4-8-15(13)23-17(19)21/h2,4,6,8,12,14H,1,3,5,7,9-11H2/t12-,14-/m0/s1. The monoisotopic (exact) mass is 316 g/mol. The number of aromatic nitrogens is 1. The molecule has 4 rings (SSSR count). The molecule has 1 aromatic heterocycles. The number of hydrogen-bond donors (Lipinski definition) is 0. The zero-order valence-corrected chi connectivity index (χ0v) is 12.9. The lowest BCUT2D eigenvalue weighted by Gasteiger charge is -2.43. The van der Waals surface area contributed by atoms with Gasteiger partial charge >= 0.3 is 5.76 Å². The van der Waals surface area contributed by atoms with Gasteiger partial charge in [0.1, 0.15) is 6.54 Å². The molecule has 2 atom stereocenters. The van der Waals surface area contributed by atoms with Gasteiger partial charge in [-0.1, -0.05) is 25.0 Å². The first-order chi connectivity index (χ1) is 11.2. The lowest BCUT2D eigenvalue weighted by molar-refractivity contribution is -0.150. The number of oxazole rings is 1. The Morgan fingerprint density at radius 1 is 1.22 bits per heavy atom. The molecule has 0 radical (unpaired) electrons. The predicted octanol–water partition coefficient (Wildman–Crippen LogP) is 1.76. The highest BCUT2D eigenvalue weighted by molar-refractivity contribution is 5.80. The summed E-state index contributed by atoms with van der Waals surface area (Å²) >= 11 is 0. The Kier molecular flexibility index (Phi) is 3.69. The number of carbonyl (C=O) groups excluding carboxylic acids is 1. The minimum absolute atomic E-state index is 0.0269. The Balaban J connectivity index is 1.59. The quantitative estimate of drug-likeness (QED) is 0.847. The van der Waals surface area contributed by atoms with E-state index in [2.05, 4.69) is 0 Å². The summed E-state index contributed by atoms with van der Waals surface area (Å²) in [7, 11) is 0. The van der Waals surface area contributed by atoms with E-state index in [-0.39, 0.29) is 24.6 Å². The number of benzene rings is 1. The van der Waals surface area contributed by atoms with Crippen LogP contribution in [0, 0.1) is 0 Å². The summed E-state index contributed by atoms with van der Waals surface area (Å²) in [5.41, 5.74) is 1.18. The summed E-state index contributed by atoms with van der Waals surface area (Å²) in [4.78, 5) is 26.7. The molecule has 1 aliphatic heterocycles. The SMILES string of the molecule is O=C(Cn1c(=O)oc2ccccc21)N1CCO[C@H]2CCCC[C@@H]21. The van der Waals surface area contributed by atoms with E-state index in [0.717, 1.165) is 25.7 Å². The Labute approximate surface area is 133 Å². The van der Waals surface area contributed by atoms with E-state index < -0.39 is 5.76 Å². The first kappa shape index (κ1) is 14.5. The van der Waals surface area contributed by atoms with Gasteiger partial charge in [-0.25, -0.2) is 4.79 Å². The lowest BCUT2D eigenvalue weighted by atomic mass is 9.90. The first-order valence-electron chi connectivity index (χ1n) is 8.23. The summed E-state index contributed by atoms with van der Waals surface area (Å²) in [5, 5.41) is 0. The molecule has 1 amide bonds. The third kappa shape index (κ3) is 2.57. The average molecular weight is 316 g/mol. The van der Waals surface area contributed by atoms with E-state index in [0.29, 0.717) is 24.3 Å². The molecule has 1 aromatic carbocycles. The number of morpholine rings is 1. The van der Waals surface area contributed by atoms with Crippen LogP contribution >= 0.6 is 0 Å². The van der Waals surface area contributed by atoms with Gasteiger partial charge < -0.3 is 14.1 Å². The second kappa shape index (κ2) is 5.85. The highest BCUT2D eigenvalue weighted by Gasteiger charge is 2.36. The van der Waals surface area contributed by atoms with Gasteiger partial charge in [0.2, 0.25) is 5.91 Å². The van der Waals surface area contributed by atoms with E-state index in [9.17, 15) is 9.59 Å². The van der Waals surface area contributed by atoms with Crippen LogP contribution in [0.3, 0.4) is 0 Å². The van der Waals surface area contributed by atoms with Gasteiger partial charge in [-0.3, -0.25) is 9.36 Å². The smallest absolute Gasteiger partial charge is 0.408 e. The Morgan fingerprint density at radius 3 is 2.96 bits per heavy atom. The molecule has 0 N–H and O–H groups in total. The van der Waals surface area contributed by atoms with Crippen molar-refractivity contribution in [1.82, 2.24) is 9.47 Å². The Hall–Kier alpha value is -2.08. The molecule has 0 bridgehead atoms. The van der Waals surface area contributed by atoms with E-state index in [1.165, 1.54) is 4.57 Å². The molecule has 1 aliphatic carbocycles. The third-order valence-corrected chi connectivity index (χ3v) is 4.92. The number of hydrogen-bond acceptors (Lipinski definition) is 4. The molecule has 122 valence electrons. The molecule has 1 saturated heterocycles. The van der Waals surface area contributed by atoms with Crippen LogP contribution in [-0.2, 0) is 16.1 Å². The Bertz CT molecular complexity index is 776. The van der Waals surface area contributed by atoms with E-state index >= 15 is 0 Å². The Morgan fingerprint density at radius 2 is 2.04 bits per heavy atom. The number of ether oxygens (including phenoxy) is 1. The molecule has 2 heterocycles. The summed E-state index contributed by atoms with van der Waals surface area (Å²) in [5.74, 6) is -0.508. The minimum Gasteiger partial charge on any atom is -0.408 e. The number of rotatable bonds is 2. The van der Waals surface area contributed by atoms with Crippen molar-refractivity contribution in [3.8, 4) is 0 Å². The molecule has 2 aromatic rings. The summed E-state index contributed by atoms with van der Waals surface area (Å²) in [6, 6.07) is 7.34. The first-order valence-corrected chi connectivity index (χ1v) is 8.23. The zero-order valence-electron chi connectivity index (χ0n) is 12.9. The molecule has 1 saturated carbocycles. The van der Waals surface area contributed by atoms with Crippen LogP contribution in [-0.4, -0.2) is 40.7 Å². The van der Waals surface area contributed by atoms with Gasteiger partial charge in [0, 0.05) is 6.54 Å². The predicted molar refractivity (Wildman–Crippen MR) is 84.2 cm³/mol. The zero-order chi connectivity index (χ0) is 15.8. The maximum Gasteiger partial charge on any atom is 0.420 e. The van der Waals surface area contributed by atoms with Gasteiger partial charge in [-0.05, 0) is 25.0 Å². The number of carbonyl (C=O) groups is 1. The number of para-hydroxylation sites is 2. The molecule has 2 aliphatic rings. The molecule has 2 fully saturated rings. The molecule has 6 heteroatoms. The fourth-order valence-electron chi connectivity index (χ4n) is 3.80. The van der Waals surface area contributed by atoms with Crippen molar-refractivity contribution in [2.45, 2.75) is 44.4 Å². The summed E-state index contributed by atoms with van der Waals surface area (Å²) < 4.78 is 12.4. The molecule has 6 nitrogen and oxygen atoms in total. The average Bonchev–Trinajstić information content (AvgIpc) is 2.90. The van der Waals surface area contributed by atoms with Crippen molar-refractivity contribution < 1.29 is 13.9 Å². The number of nitrogens with zero attached hydrogens (tertiary/aromatic N) is 2. The van der Waals surface area contributed by atoms with Crippen LogP contribution in [0.5, 0.6) is 0 Å². The molecular formula is C17H20N2O4. The van der Waals surface area contributed by atoms with Crippen molar-refractivity contribution in [3.63, 3.8) is 0 Å². The highest BCUT2D eigenvalue weighted by Crippen LogP contribution is 2.28. The van der Waals surface area contributed by atoms with Crippen molar-refractivity contribution in [2.75, 3.05) is 13.2 Å². The van der Waals surface area contributed by atoms with Crippen molar-refractivity contribution in [3.05, 3.63) is 34.8 Å². The molecule has 23 heavy (non-hydrogen) atoms. The van der Waals surface area contributed by atoms with E-state index in [1.54, 1.807) is 12.1 Å². The van der Waals surface area contributed by atoms with E-state index in [1.807, 2.05) is 17.0 Å². The van der Waals surface area contributed by atoms with Crippen molar-refractivity contribution in [1.29, 1.82) is 0 Å². The second-order valence-corrected chi connectivity index (χ2v) is 6.27. The number of amides is 1. The van der Waals surface area contributed by atoms with Gasteiger partial charge in [0.05, 0.1) is 24.3 Å². The van der Waals surface area contributed by atoms with Gasteiger partial charge in [0.25, 0.3) is 0 Å². The molecular weight excluding hydrogens is 296 g/mol. The molecule has 0 spiro atoms. The van der Waals surface area contributed by atoms with Gasteiger partial charge in [-0.15, -0.1) is 0 Å². The topological polar surface area (TPSA) is 64.7 Å². The van der Waals surface area contributed by atoms with Gasteiger partial charge in [-0.2, -0.15) is 0 Å².